The molecule has 1 spiro atoms. The highest BCUT2D eigenvalue weighted by Crippen LogP contribution is 2.46. The molecule has 0 saturated heterocycles. The Hall–Kier alpha value is -1.87. The molecule has 0 amide bonds. The first-order valence-electron chi connectivity index (χ1n) is 6.89. The van der Waals surface area contributed by atoms with Gasteiger partial charge in [0.2, 0.25) is 0 Å². The molecule has 0 saturated carbocycles. The molecule has 0 aromatic heterocycles. The Kier molecular flexibility index (Phi) is 2.42. The lowest BCUT2D eigenvalue weighted by Crippen LogP contribution is -2.42. The van der Waals surface area contributed by atoms with Crippen LogP contribution in [0.25, 0.3) is 0 Å². The van der Waals surface area contributed by atoms with Gasteiger partial charge in [0.05, 0.1) is 6.10 Å². The van der Waals surface area contributed by atoms with Gasteiger partial charge < -0.3 is 9.84 Å². The van der Waals surface area contributed by atoms with Gasteiger partial charge in [0, 0.05) is 30.9 Å². The number of hydrogen-bond donors (Lipinski definition) is 1. The Morgan fingerprint density at radius 2 is 1.80 bits per heavy atom. The van der Waals surface area contributed by atoms with Gasteiger partial charge in [0.1, 0.15) is 17.2 Å². The molecule has 1 heterocycles. The van der Waals surface area contributed by atoms with Crippen LogP contribution in [0.2, 0.25) is 0 Å². The normalized spacial score (nSPS) is 22.2. The molecule has 1 aliphatic heterocycles. The average molecular weight is 270 g/mol. The largest absolute Gasteiger partial charge is 0.486 e. The first-order valence-corrected chi connectivity index (χ1v) is 6.89. The second-order valence-corrected chi connectivity index (χ2v) is 5.81. The van der Waals surface area contributed by atoms with Crippen LogP contribution in [0.5, 0.6) is 5.75 Å². The Morgan fingerprint density at radius 3 is 2.50 bits per heavy atom. The minimum atomic E-state index is -0.589. The number of hydrogen-bond acceptors (Lipinski definition) is 2. The van der Waals surface area contributed by atoms with Gasteiger partial charge in [0.25, 0.3) is 0 Å². The van der Waals surface area contributed by atoms with E-state index in [0.29, 0.717) is 17.7 Å². The summed E-state index contributed by atoms with van der Waals surface area (Å²) in [5.74, 6) is 0.153. The average Bonchev–Trinajstić information content (AvgIpc) is 2.74. The van der Waals surface area contributed by atoms with Gasteiger partial charge in [-0.25, -0.2) is 4.39 Å². The monoisotopic (exact) mass is 270 g/mol. The highest BCUT2D eigenvalue weighted by molar-refractivity contribution is 5.42. The number of aliphatic hydroxyl groups excluding tert-OH is 1. The minimum absolute atomic E-state index is 0.330. The molecule has 2 nitrogen and oxygen atoms in total. The zero-order chi connectivity index (χ0) is 13.7. The molecule has 2 aromatic carbocycles. The maximum absolute atomic E-state index is 13.4. The maximum Gasteiger partial charge on any atom is 0.128 e. The Bertz CT molecular complexity index is 655. The molecule has 1 atom stereocenters. The third-order valence-electron chi connectivity index (χ3n) is 4.37. The predicted molar refractivity (Wildman–Crippen MR) is 73.2 cm³/mol. The molecule has 2 aliphatic rings. The van der Waals surface area contributed by atoms with Gasteiger partial charge in [0.15, 0.2) is 0 Å². The lowest BCUT2D eigenvalue weighted by atomic mass is 9.86. The van der Waals surface area contributed by atoms with Crippen molar-refractivity contribution in [1.82, 2.24) is 0 Å². The summed E-state index contributed by atoms with van der Waals surface area (Å²) in [6.07, 6.45) is 1.51. The Balaban J connectivity index is 1.74. The zero-order valence-corrected chi connectivity index (χ0v) is 11.0. The van der Waals surface area contributed by atoms with E-state index in [4.69, 9.17) is 4.74 Å². The smallest absolute Gasteiger partial charge is 0.128 e. The van der Waals surface area contributed by atoms with Crippen molar-refractivity contribution in [3.8, 4) is 5.75 Å². The summed E-state index contributed by atoms with van der Waals surface area (Å²) in [5.41, 5.74) is 2.79. The molecule has 1 aliphatic carbocycles. The minimum Gasteiger partial charge on any atom is -0.486 e. The quantitative estimate of drug-likeness (QED) is 0.796. The molecule has 0 unspecified atom stereocenters. The van der Waals surface area contributed by atoms with Crippen LogP contribution in [-0.4, -0.2) is 10.7 Å². The molecule has 3 heteroatoms. The van der Waals surface area contributed by atoms with Crippen molar-refractivity contribution < 1.29 is 14.2 Å². The van der Waals surface area contributed by atoms with Gasteiger partial charge in [-0.05, 0) is 23.3 Å². The van der Waals surface area contributed by atoms with Crippen molar-refractivity contribution >= 4 is 0 Å². The zero-order valence-electron chi connectivity index (χ0n) is 11.0. The predicted octanol–water partition coefficient (Wildman–Crippen LogP) is 3.18. The molecule has 20 heavy (non-hydrogen) atoms. The lowest BCUT2D eigenvalue weighted by Gasteiger charge is -2.38. The van der Waals surface area contributed by atoms with Crippen molar-refractivity contribution in [2.24, 2.45) is 0 Å². The van der Waals surface area contributed by atoms with Crippen molar-refractivity contribution in [3.63, 3.8) is 0 Å². The van der Waals surface area contributed by atoms with Gasteiger partial charge in [-0.3, -0.25) is 0 Å². The van der Waals surface area contributed by atoms with Crippen LogP contribution in [0.3, 0.4) is 0 Å². The van der Waals surface area contributed by atoms with Crippen molar-refractivity contribution in [1.29, 1.82) is 0 Å². The SMILES string of the molecule is O[C@@H]1CC2(Cc3ccccc3C2)Oc2cc(F)ccc21. The first-order chi connectivity index (χ1) is 9.65. The Labute approximate surface area is 116 Å². The summed E-state index contributed by atoms with van der Waals surface area (Å²) < 4.78 is 19.5. The molecular formula is C17H15FO2. The summed E-state index contributed by atoms with van der Waals surface area (Å²) in [5, 5.41) is 10.4. The lowest BCUT2D eigenvalue weighted by molar-refractivity contribution is -0.00732. The van der Waals surface area contributed by atoms with Crippen LogP contribution >= 0.6 is 0 Å². The number of benzene rings is 2. The number of halogens is 1. The van der Waals surface area contributed by atoms with E-state index in [1.807, 2.05) is 12.1 Å². The van der Waals surface area contributed by atoms with E-state index in [-0.39, 0.29) is 5.82 Å². The number of ether oxygens (including phenoxy) is 1. The van der Waals surface area contributed by atoms with Crippen LogP contribution in [0.15, 0.2) is 42.5 Å². The fourth-order valence-electron chi connectivity index (χ4n) is 3.48. The number of aliphatic hydroxyl groups is 1. The molecule has 102 valence electrons. The van der Waals surface area contributed by atoms with Crippen LogP contribution < -0.4 is 4.74 Å². The molecule has 0 fully saturated rings. The topological polar surface area (TPSA) is 29.5 Å². The van der Waals surface area contributed by atoms with Gasteiger partial charge in [-0.1, -0.05) is 24.3 Å². The number of rotatable bonds is 0. The third kappa shape index (κ3) is 1.74. The van der Waals surface area contributed by atoms with E-state index in [2.05, 4.69) is 12.1 Å². The molecule has 0 radical (unpaired) electrons. The van der Waals surface area contributed by atoms with Crippen LogP contribution in [0.1, 0.15) is 29.2 Å². The van der Waals surface area contributed by atoms with E-state index >= 15 is 0 Å². The summed E-state index contributed by atoms with van der Waals surface area (Å²) in [6, 6.07) is 12.6. The second-order valence-electron chi connectivity index (χ2n) is 5.81. The van der Waals surface area contributed by atoms with E-state index < -0.39 is 11.7 Å². The van der Waals surface area contributed by atoms with Crippen LogP contribution in [-0.2, 0) is 12.8 Å². The fourth-order valence-corrected chi connectivity index (χ4v) is 3.48. The van der Waals surface area contributed by atoms with Gasteiger partial charge in [-0.2, -0.15) is 0 Å². The third-order valence-corrected chi connectivity index (χ3v) is 4.37. The summed E-state index contributed by atoms with van der Waals surface area (Å²) in [4.78, 5) is 0. The highest BCUT2D eigenvalue weighted by Gasteiger charge is 2.44. The first kappa shape index (κ1) is 11.9. The van der Waals surface area contributed by atoms with Crippen molar-refractivity contribution in [3.05, 3.63) is 65.0 Å². The van der Waals surface area contributed by atoms with E-state index in [0.717, 1.165) is 12.8 Å². The van der Waals surface area contributed by atoms with Gasteiger partial charge >= 0.3 is 0 Å². The summed E-state index contributed by atoms with van der Waals surface area (Å²) >= 11 is 0. The second kappa shape index (κ2) is 4.06. The highest BCUT2D eigenvalue weighted by atomic mass is 19.1. The van der Waals surface area contributed by atoms with Crippen molar-refractivity contribution in [2.75, 3.05) is 0 Å². The van der Waals surface area contributed by atoms with Crippen LogP contribution in [0.4, 0.5) is 4.39 Å². The fraction of sp³-hybridized carbons (Fsp3) is 0.294. The van der Waals surface area contributed by atoms with Gasteiger partial charge in [-0.15, -0.1) is 0 Å². The van der Waals surface area contributed by atoms with E-state index in [1.165, 1.54) is 23.3 Å². The van der Waals surface area contributed by atoms with Crippen LogP contribution in [0, 0.1) is 5.82 Å². The molecule has 0 bridgehead atoms. The van der Waals surface area contributed by atoms with E-state index in [1.54, 1.807) is 6.07 Å². The maximum atomic E-state index is 13.4. The standard InChI is InChI=1S/C17H15FO2/c18-13-5-6-14-15(19)10-17(20-16(14)7-13)8-11-3-1-2-4-12(11)9-17/h1-7,15,19H,8-10H2/t15-/m1/s1. The van der Waals surface area contributed by atoms with E-state index in [9.17, 15) is 9.50 Å². The van der Waals surface area contributed by atoms with Crippen molar-refractivity contribution in [2.45, 2.75) is 31.0 Å². The Morgan fingerprint density at radius 1 is 1.10 bits per heavy atom. The molecule has 1 N–H and O–H groups in total. The summed E-state index contributed by atoms with van der Waals surface area (Å²) in [6.45, 7) is 0. The molecule has 2 aromatic rings. The molecular weight excluding hydrogens is 255 g/mol. The molecule has 4 rings (SSSR count). The number of fused-ring (bicyclic) bond motifs is 2. The summed E-state index contributed by atoms with van der Waals surface area (Å²) in [7, 11) is 0.